The number of hydrogen-bond acceptors (Lipinski definition) is 3. The van der Waals surface area contributed by atoms with Crippen molar-refractivity contribution in [3.8, 4) is 0 Å². The zero-order valence-electron chi connectivity index (χ0n) is 14.5. The number of carbonyl (C=O) groups is 1. The summed E-state index contributed by atoms with van der Waals surface area (Å²) in [5, 5.41) is 3.19. The van der Waals surface area contributed by atoms with E-state index in [0.717, 1.165) is 70.8 Å². The minimum absolute atomic E-state index is 0.0369. The Kier molecular flexibility index (Phi) is 4.54. The summed E-state index contributed by atoms with van der Waals surface area (Å²) >= 11 is 0. The number of carbonyl (C=O) groups excluding carboxylic acids is 1. The van der Waals surface area contributed by atoms with Crippen molar-refractivity contribution in [2.24, 2.45) is 5.41 Å². The van der Waals surface area contributed by atoms with Crippen LogP contribution in [0.15, 0.2) is 24.3 Å². The summed E-state index contributed by atoms with van der Waals surface area (Å²) in [7, 11) is 0. The second-order valence-corrected chi connectivity index (χ2v) is 7.69. The van der Waals surface area contributed by atoms with Crippen molar-refractivity contribution < 1.29 is 13.9 Å². The molecule has 0 saturated carbocycles. The van der Waals surface area contributed by atoms with E-state index in [1.54, 1.807) is 12.1 Å². The number of ether oxygens (including phenoxy) is 1. The third-order valence-corrected chi connectivity index (χ3v) is 5.83. The fourth-order valence-corrected chi connectivity index (χ4v) is 4.35. The molecule has 3 heterocycles. The molecule has 2 atom stereocenters. The molecule has 2 amide bonds. The maximum absolute atomic E-state index is 13.5. The fourth-order valence-electron chi connectivity index (χ4n) is 4.35. The molecule has 1 aromatic rings. The van der Waals surface area contributed by atoms with Crippen molar-refractivity contribution in [1.82, 2.24) is 10.2 Å². The normalized spacial score (nSPS) is 29.4. The van der Waals surface area contributed by atoms with Gasteiger partial charge in [0.2, 0.25) is 0 Å². The van der Waals surface area contributed by atoms with Crippen LogP contribution in [0.25, 0.3) is 0 Å². The summed E-state index contributed by atoms with van der Waals surface area (Å²) in [4.78, 5) is 16.7. The second-order valence-electron chi connectivity index (χ2n) is 7.69. The molecule has 25 heavy (non-hydrogen) atoms. The van der Waals surface area contributed by atoms with E-state index in [-0.39, 0.29) is 23.3 Å². The number of hydrogen-bond donors (Lipinski definition) is 1. The summed E-state index contributed by atoms with van der Waals surface area (Å²) in [6, 6.07) is 6.84. The molecule has 3 saturated heterocycles. The highest BCUT2D eigenvalue weighted by Gasteiger charge is 2.43. The second kappa shape index (κ2) is 6.83. The first kappa shape index (κ1) is 16.6. The fraction of sp³-hybridized carbons (Fsp3) is 0.632. The van der Waals surface area contributed by atoms with Gasteiger partial charge in [0, 0.05) is 49.9 Å². The molecule has 6 heteroatoms. The van der Waals surface area contributed by atoms with Gasteiger partial charge in [0.1, 0.15) is 5.82 Å². The summed E-state index contributed by atoms with van der Waals surface area (Å²) in [5.74, 6) is -0.218. The topological polar surface area (TPSA) is 44.8 Å². The lowest BCUT2D eigenvalue weighted by molar-refractivity contribution is 0.152. The number of nitrogens with zero attached hydrogens (tertiary/aromatic N) is 2. The summed E-state index contributed by atoms with van der Waals surface area (Å²) in [6.07, 6.45) is 4.08. The molecule has 3 aliphatic heterocycles. The van der Waals surface area contributed by atoms with Gasteiger partial charge in [0.05, 0.1) is 6.61 Å². The Labute approximate surface area is 148 Å². The van der Waals surface area contributed by atoms with Gasteiger partial charge in [-0.15, -0.1) is 0 Å². The van der Waals surface area contributed by atoms with Gasteiger partial charge in [-0.3, -0.25) is 0 Å². The predicted molar refractivity (Wildman–Crippen MR) is 94.2 cm³/mol. The minimum Gasteiger partial charge on any atom is -0.381 e. The van der Waals surface area contributed by atoms with Crippen LogP contribution in [0.3, 0.4) is 0 Å². The summed E-state index contributed by atoms with van der Waals surface area (Å²) in [6.45, 7) is 4.86. The van der Waals surface area contributed by atoms with Gasteiger partial charge in [-0.25, -0.2) is 9.18 Å². The average molecular weight is 347 g/mol. The highest BCUT2D eigenvalue weighted by molar-refractivity contribution is 5.75. The van der Waals surface area contributed by atoms with Crippen LogP contribution in [-0.2, 0) is 4.74 Å². The van der Waals surface area contributed by atoms with Crippen molar-refractivity contribution in [3.05, 3.63) is 30.1 Å². The molecular formula is C19H26FN3O2. The van der Waals surface area contributed by atoms with Crippen molar-refractivity contribution in [2.75, 3.05) is 44.3 Å². The maximum atomic E-state index is 13.5. The van der Waals surface area contributed by atoms with E-state index in [1.165, 1.54) is 6.07 Å². The van der Waals surface area contributed by atoms with Crippen LogP contribution in [0, 0.1) is 11.2 Å². The molecule has 5 nitrogen and oxygen atoms in total. The summed E-state index contributed by atoms with van der Waals surface area (Å²) in [5.41, 5.74) is 1.08. The third-order valence-electron chi connectivity index (χ3n) is 5.83. The van der Waals surface area contributed by atoms with E-state index in [2.05, 4.69) is 10.2 Å². The largest absolute Gasteiger partial charge is 0.381 e. The van der Waals surface area contributed by atoms with Crippen LogP contribution in [-0.4, -0.2) is 56.4 Å². The van der Waals surface area contributed by atoms with Crippen molar-refractivity contribution in [3.63, 3.8) is 0 Å². The van der Waals surface area contributed by atoms with Crippen LogP contribution in [0.5, 0.6) is 0 Å². The number of likely N-dealkylation sites (tertiary alicyclic amines) is 1. The minimum atomic E-state index is -0.218. The highest BCUT2D eigenvalue weighted by Crippen LogP contribution is 2.38. The summed E-state index contributed by atoms with van der Waals surface area (Å²) < 4.78 is 19.0. The SMILES string of the molecule is O=C(N[C@@H]1CCCN(c2cccc(F)c2)C1)N1CC[C@@]2(CCOC2)C1. The molecule has 0 aliphatic carbocycles. The van der Waals surface area contributed by atoms with Gasteiger partial charge in [0.15, 0.2) is 0 Å². The smallest absolute Gasteiger partial charge is 0.317 e. The first-order chi connectivity index (χ1) is 12.1. The van der Waals surface area contributed by atoms with E-state index >= 15 is 0 Å². The standard InChI is InChI=1S/C19H26FN3O2/c20-15-3-1-5-17(11-15)22-8-2-4-16(12-22)21-18(24)23-9-6-19(13-23)7-10-25-14-19/h1,3,5,11,16H,2,4,6-10,12-14H2,(H,21,24)/t16-,19-/m1/s1. The van der Waals surface area contributed by atoms with E-state index in [1.807, 2.05) is 11.0 Å². The van der Waals surface area contributed by atoms with Gasteiger partial charge >= 0.3 is 6.03 Å². The molecule has 0 aromatic heterocycles. The molecule has 0 bridgehead atoms. The van der Waals surface area contributed by atoms with E-state index in [9.17, 15) is 9.18 Å². The van der Waals surface area contributed by atoms with Gasteiger partial charge in [-0.05, 0) is 43.9 Å². The van der Waals surface area contributed by atoms with Gasteiger partial charge < -0.3 is 19.9 Å². The van der Waals surface area contributed by atoms with E-state index < -0.39 is 0 Å². The lowest BCUT2D eigenvalue weighted by atomic mass is 9.87. The molecule has 1 N–H and O–H groups in total. The first-order valence-corrected chi connectivity index (χ1v) is 9.27. The van der Waals surface area contributed by atoms with Gasteiger partial charge in [-0.2, -0.15) is 0 Å². The predicted octanol–water partition coefficient (Wildman–Crippen LogP) is 2.62. The number of benzene rings is 1. The number of amides is 2. The Bertz CT molecular complexity index is 633. The first-order valence-electron chi connectivity index (χ1n) is 9.27. The van der Waals surface area contributed by atoms with Crippen LogP contribution in [0.1, 0.15) is 25.7 Å². The molecule has 1 spiro atoms. The number of anilines is 1. The van der Waals surface area contributed by atoms with Crippen LogP contribution >= 0.6 is 0 Å². The Balaban J connectivity index is 1.34. The number of urea groups is 1. The molecule has 136 valence electrons. The van der Waals surface area contributed by atoms with E-state index in [4.69, 9.17) is 4.74 Å². The molecule has 0 radical (unpaired) electrons. The van der Waals surface area contributed by atoms with E-state index in [0.29, 0.717) is 0 Å². The molecule has 0 unspecified atom stereocenters. The molecule has 1 aromatic carbocycles. The number of nitrogens with one attached hydrogen (secondary N) is 1. The number of rotatable bonds is 2. The molecular weight excluding hydrogens is 321 g/mol. The van der Waals surface area contributed by atoms with Crippen molar-refractivity contribution in [2.45, 2.75) is 31.7 Å². The molecule has 4 rings (SSSR count). The maximum Gasteiger partial charge on any atom is 0.317 e. The monoisotopic (exact) mass is 347 g/mol. The Hall–Kier alpha value is -1.82. The molecule has 3 aliphatic rings. The average Bonchev–Trinajstić information content (AvgIpc) is 3.25. The highest BCUT2D eigenvalue weighted by atomic mass is 19.1. The molecule has 3 fully saturated rings. The zero-order valence-corrected chi connectivity index (χ0v) is 14.5. The van der Waals surface area contributed by atoms with Crippen LogP contribution < -0.4 is 10.2 Å². The van der Waals surface area contributed by atoms with Gasteiger partial charge in [0.25, 0.3) is 0 Å². The Morgan fingerprint density at radius 1 is 1.32 bits per heavy atom. The lowest BCUT2D eigenvalue weighted by Crippen LogP contribution is -2.51. The Morgan fingerprint density at radius 3 is 3.04 bits per heavy atom. The number of halogens is 1. The van der Waals surface area contributed by atoms with Crippen molar-refractivity contribution >= 4 is 11.7 Å². The quantitative estimate of drug-likeness (QED) is 0.894. The lowest BCUT2D eigenvalue weighted by Gasteiger charge is -2.35. The zero-order chi connectivity index (χ0) is 17.3. The van der Waals surface area contributed by atoms with Crippen LogP contribution in [0.2, 0.25) is 0 Å². The third kappa shape index (κ3) is 3.59. The Morgan fingerprint density at radius 2 is 2.24 bits per heavy atom. The van der Waals surface area contributed by atoms with Gasteiger partial charge in [-0.1, -0.05) is 6.07 Å². The van der Waals surface area contributed by atoms with Crippen LogP contribution in [0.4, 0.5) is 14.9 Å². The van der Waals surface area contributed by atoms with Crippen molar-refractivity contribution in [1.29, 1.82) is 0 Å². The number of piperidine rings is 1.